The van der Waals surface area contributed by atoms with Gasteiger partial charge in [-0.25, -0.2) is 4.39 Å². The van der Waals surface area contributed by atoms with Gasteiger partial charge in [-0.1, -0.05) is 23.7 Å². The van der Waals surface area contributed by atoms with Crippen molar-refractivity contribution in [1.29, 1.82) is 0 Å². The number of ether oxygens (including phenoxy) is 1. The van der Waals surface area contributed by atoms with Crippen molar-refractivity contribution in [2.45, 2.75) is 11.8 Å². The molecule has 0 heterocycles. The molecule has 0 N–H and O–H groups in total. The zero-order valence-corrected chi connectivity index (χ0v) is 11.9. The van der Waals surface area contributed by atoms with E-state index in [0.29, 0.717) is 17.2 Å². The van der Waals surface area contributed by atoms with Gasteiger partial charge in [0.05, 0.1) is 12.5 Å². The van der Waals surface area contributed by atoms with E-state index in [2.05, 4.69) is 0 Å². The van der Waals surface area contributed by atoms with E-state index in [-0.39, 0.29) is 11.2 Å². The van der Waals surface area contributed by atoms with E-state index in [0.717, 1.165) is 11.1 Å². The Morgan fingerprint density at radius 2 is 1.84 bits per heavy atom. The van der Waals surface area contributed by atoms with Gasteiger partial charge in [0.2, 0.25) is 0 Å². The van der Waals surface area contributed by atoms with E-state index < -0.39 is 0 Å². The first-order valence-electron chi connectivity index (χ1n) is 5.82. The lowest BCUT2D eigenvalue weighted by molar-refractivity contribution is 0.409. The van der Waals surface area contributed by atoms with Gasteiger partial charge in [0.1, 0.15) is 11.6 Å². The van der Waals surface area contributed by atoms with E-state index in [1.54, 1.807) is 37.4 Å². The summed E-state index contributed by atoms with van der Waals surface area (Å²) >= 11 is 12.4. The molecule has 0 saturated heterocycles. The van der Waals surface area contributed by atoms with Gasteiger partial charge >= 0.3 is 0 Å². The molecular formula is C15H13Cl2FO. The Labute approximate surface area is 121 Å². The molecule has 0 fully saturated rings. The van der Waals surface area contributed by atoms with Gasteiger partial charge in [0, 0.05) is 10.6 Å². The Kier molecular flexibility index (Phi) is 4.67. The average Bonchev–Trinajstić information content (AvgIpc) is 2.41. The maximum atomic E-state index is 12.8. The molecule has 0 aliphatic carbocycles. The summed E-state index contributed by atoms with van der Waals surface area (Å²) in [6, 6.07) is 11.6. The van der Waals surface area contributed by atoms with Crippen molar-refractivity contribution < 1.29 is 9.13 Å². The van der Waals surface area contributed by atoms with Gasteiger partial charge in [0.25, 0.3) is 0 Å². The highest BCUT2D eigenvalue weighted by molar-refractivity contribution is 6.31. The van der Waals surface area contributed by atoms with Gasteiger partial charge in [-0.3, -0.25) is 0 Å². The summed E-state index contributed by atoms with van der Waals surface area (Å²) in [7, 11) is 1.59. The Morgan fingerprint density at radius 1 is 1.16 bits per heavy atom. The fraction of sp³-hybridized carbons (Fsp3) is 0.200. The first-order chi connectivity index (χ1) is 9.10. The molecule has 100 valence electrons. The van der Waals surface area contributed by atoms with Crippen LogP contribution in [0.3, 0.4) is 0 Å². The van der Waals surface area contributed by atoms with Crippen LogP contribution < -0.4 is 4.74 Å². The molecule has 1 atom stereocenters. The normalized spacial score (nSPS) is 12.2. The molecule has 0 bridgehead atoms. The molecule has 4 heteroatoms. The van der Waals surface area contributed by atoms with Crippen LogP contribution in [0, 0.1) is 5.82 Å². The van der Waals surface area contributed by atoms with E-state index in [4.69, 9.17) is 27.9 Å². The van der Waals surface area contributed by atoms with Gasteiger partial charge in [-0.2, -0.15) is 0 Å². The Hall–Kier alpha value is -1.25. The molecule has 2 aromatic rings. The van der Waals surface area contributed by atoms with Crippen LogP contribution in [0.5, 0.6) is 5.75 Å². The number of methoxy groups -OCH3 is 1. The smallest absolute Gasteiger partial charge is 0.123 e. The summed E-state index contributed by atoms with van der Waals surface area (Å²) in [5.41, 5.74) is 1.80. The summed E-state index contributed by atoms with van der Waals surface area (Å²) in [5, 5.41) is 0.333. The van der Waals surface area contributed by atoms with Crippen LogP contribution >= 0.6 is 23.2 Å². The van der Waals surface area contributed by atoms with E-state index in [9.17, 15) is 4.39 Å². The van der Waals surface area contributed by atoms with Gasteiger partial charge < -0.3 is 4.74 Å². The Balaban J connectivity index is 2.21. The van der Waals surface area contributed by atoms with Crippen molar-refractivity contribution in [1.82, 2.24) is 0 Å². The third-order valence-electron chi connectivity index (χ3n) is 2.86. The van der Waals surface area contributed by atoms with Crippen LogP contribution in [-0.2, 0) is 6.42 Å². The zero-order chi connectivity index (χ0) is 13.8. The molecule has 0 radical (unpaired) electrons. The van der Waals surface area contributed by atoms with Gasteiger partial charge in [0.15, 0.2) is 0 Å². The Morgan fingerprint density at radius 3 is 2.47 bits per heavy atom. The van der Waals surface area contributed by atoms with Crippen LogP contribution in [0.15, 0.2) is 42.5 Å². The SMILES string of the molecule is COc1ccc(Cl)cc1C(Cl)Cc1ccc(F)cc1. The second-order valence-electron chi connectivity index (χ2n) is 4.18. The molecule has 19 heavy (non-hydrogen) atoms. The van der Waals surface area contributed by atoms with Crippen molar-refractivity contribution in [3.8, 4) is 5.75 Å². The standard InChI is InChI=1S/C15H13Cl2FO/c1-19-15-7-4-11(16)9-13(15)14(17)8-10-2-5-12(18)6-3-10/h2-7,9,14H,8H2,1H3. The maximum Gasteiger partial charge on any atom is 0.123 e. The van der Waals surface area contributed by atoms with Crippen LogP contribution in [0.25, 0.3) is 0 Å². The lowest BCUT2D eigenvalue weighted by Crippen LogP contribution is -1.99. The molecular weight excluding hydrogens is 286 g/mol. The lowest BCUT2D eigenvalue weighted by Gasteiger charge is -2.14. The van der Waals surface area contributed by atoms with E-state index in [1.807, 2.05) is 0 Å². The zero-order valence-electron chi connectivity index (χ0n) is 10.4. The highest BCUT2D eigenvalue weighted by Crippen LogP contribution is 2.34. The summed E-state index contributed by atoms with van der Waals surface area (Å²) in [6.45, 7) is 0. The quantitative estimate of drug-likeness (QED) is 0.721. The third-order valence-corrected chi connectivity index (χ3v) is 3.48. The summed E-state index contributed by atoms with van der Waals surface area (Å²) in [6.07, 6.45) is 0.582. The third kappa shape index (κ3) is 3.62. The minimum atomic E-state index is -0.279. The molecule has 0 saturated carbocycles. The largest absolute Gasteiger partial charge is 0.496 e. The van der Waals surface area contributed by atoms with Crippen molar-refractivity contribution >= 4 is 23.2 Å². The predicted octanol–water partition coefficient (Wildman–Crippen LogP) is 5.01. The molecule has 0 aliphatic rings. The number of hydrogen-bond donors (Lipinski definition) is 0. The number of benzene rings is 2. The molecule has 1 nitrogen and oxygen atoms in total. The minimum Gasteiger partial charge on any atom is -0.496 e. The van der Waals surface area contributed by atoms with E-state index in [1.165, 1.54) is 12.1 Å². The Bertz CT molecular complexity index is 555. The van der Waals surface area contributed by atoms with Crippen LogP contribution in [-0.4, -0.2) is 7.11 Å². The maximum absolute atomic E-state index is 12.8. The molecule has 0 aromatic heterocycles. The van der Waals surface area contributed by atoms with Crippen LogP contribution in [0.1, 0.15) is 16.5 Å². The van der Waals surface area contributed by atoms with Gasteiger partial charge in [-0.05, 0) is 42.3 Å². The molecule has 0 spiro atoms. The fourth-order valence-electron chi connectivity index (χ4n) is 1.89. The first kappa shape index (κ1) is 14.2. The molecule has 0 aliphatic heterocycles. The average molecular weight is 299 g/mol. The monoisotopic (exact) mass is 298 g/mol. The molecule has 2 rings (SSSR count). The summed E-state index contributed by atoms with van der Waals surface area (Å²) < 4.78 is 18.1. The molecule has 1 unspecified atom stereocenters. The van der Waals surface area contributed by atoms with Crippen molar-refractivity contribution in [3.05, 3.63) is 64.4 Å². The highest BCUT2D eigenvalue weighted by Gasteiger charge is 2.14. The van der Waals surface area contributed by atoms with Crippen molar-refractivity contribution in [3.63, 3.8) is 0 Å². The first-order valence-corrected chi connectivity index (χ1v) is 6.63. The summed E-state index contributed by atoms with van der Waals surface area (Å²) in [4.78, 5) is 0. The molecule has 2 aromatic carbocycles. The molecule has 0 amide bonds. The second-order valence-corrected chi connectivity index (χ2v) is 5.15. The van der Waals surface area contributed by atoms with E-state index >= 15 is 0 Å². The predicted molar refractivity (Wildman–Crippen MR) is 76.7 cm³/mol. The topological polar surface area (TPSA) is 9.23 Å². The van der Waals surface area contributed by atoms with Crippen LogP contribution in [0.2, 0.25) is 5.02 Å². The highest BCUT2D eigenvalue weighted by atomic mass is 35.5. The van der Waals surface area contributed by atoms with Crippen molar-refractivity contribution in [2.75, 3.05) is 7.11 Å². The number of halogens is 3. The van der Waals surface area contributed by atoms with Crippen molar-refractivity contribution in [2.24, 2.45) is 0 Å². The fourth-order valence-corrected chi connectivity index (χ4v) is 2.42. The lowest BCUT2D eigenvalue weighted by atomic mass is 10.0. The second kappa shape index (κ2) is 6.27. The minimum absolute atomic E-state index is 0.254. The number of alkyl halides is 1. The van der Waals surface area contributed by atoms with Crippen LogP contribution in [0.4, 0.5) is 4.39 Å². The number of hydrogen-bond acceptors (Lipinski definition) is 1. The van der Waals surface area contributed by atoms with Gasteiger partial charge in [-0.15, -0.1) is 11.6 Å². The number of rotatable bonds is 4. The summed E-state index contributed by atoms with van der Waals surface area (Å²) in [5.74, 6) is 0.446.